The molecule has 1 aliphatic rings. The molecule has 0 atom stereocenters. The normalized spacial score (nSPS) is 14.5. The van der Waals surface area contributed by atoms with Crippen LogP contribution >= 0.6 is 0 Å². The molecule has 1 aliphatic carbocycles. The van der Waals surface area contributed by atoms with E-state index in [0.717, 1.165) is 40.4 Å². The highest BCUT2D eigenvalue weighted by molar-refractivity contribution is 5.80. The molecule has 0 N–H and O–H groups in total. The fourth-order valence-corrected chi connectivity index (χ4v) is 4.09. The lowest BCUT2D eigenvalue weighted by Crippen LogP contribution is -2.07. The van der Waals surface area contributed by atoms with Gasteiger partial charge in [0.25, 0.3) is 0 Å². The Bertz CT molecular complexity index is 1170. The Morgan fingerprint density at radius 3 is 2.75 bits per heavy atom. The zero-order valence-corrected chi connectivity index (χ0v) is 15.5. The van der Waals surface area contributed by atoms with Crippen LogP contribution in [0.1, 0.15) is 31.4 Å². The van der Waals surface area contributed by atoms with Crippen molar-refractivity contribution in [2.24, 2.45) is 5.92 Å². The Balaban J connectivity index is 1.56. The van der Waals surface area contributed by atoms with Gasteiger partial charge in [-0.2, -0.15) is 15.5 Å². The van der Waals surface area contributed by atoms with Crippen LogP contribution in [0.2, 0.25) is 0 Å². The van der Waals surface area contributed by atoms with Gasteiger partial charge in [-0.25, -0.2) is 9.50 Å². The smallest absolute Gasteiger partial charge is 0.141 e. The first kappa shape index (κ1) is 16.7. The second kappa shape index (κ2) is 6.93. The summed E-state index contributed by atoms with van der Waals surface area (Å²) in [5.41, 5.74) is 5.11. The molecule has 1 fully saturated rings. The molecule has 0 saturated heterocycles. The molecule has 0 aromatic carbocycles. The van der Waals surface area contributed by atoms with Gasteiger partial charge in [0.05, 0.1) is 17.4 Å². The van der Waals surface area contributed by atoms with E-state index in [4.69, 9.17) is 0 Å². The SMILES string of the molecule is N#Cc1ccc(-c2cnn(CC3CCCC3)c2)c(-c2ccc3ccnn3c2)n1. The Hall–Kier alpha value is -3.46. The van der Waals surface area contributed by atoms with Gasteiger partial charge in [0.1, 0.15) is 11.8 Å². The van der Waals surface area contributed by atoms with Gasteiger partial charge in [-0.3, -0.25) is 4.68 Å². The van der Waals surface area contributed by atoms with Crippen molar-refractivity contribution in [1.82, 2.24) is 24.4 Å². The van der Waals surface area contributed by atoms with Crippen LogP contribution in [0.3, 0.4) is 0 Å². The van der Waals surface area contributed by atoms with E-state index in [1.807, 2.05) is 45.9 Å². The standard InChI is InChI=1S/C22H20N6/c23-11-19-6-8-21(18-12-25-27(14-18)13-16-3-1-2-4-16)22(26-19)17-5-7-20-9-10-24-28(20)15-17/h5-10,12,14-16H,1-4,13H2. The molecule has 0 bridgehead atoms. The molecular formula is C22H20N6. The van der Waals surface area contributed by atoms with Gasteiger partial charge in [-0.1, -0.05) is 12.8 Å². The van der Waals surface area contributed by atoms with Crippen molar-refractivity contribution in [3.8, 4) is 28.5 Å². The highest BCUT2D eigenvalue weighted by atomic mass is 15.3. The molecule has 138 valence electrons. The van der Waals surface area contributed by atoms with E-state index in [-0.39, 0.29) is 0 Å². The van der Waals surface area contributed by atoms with E-state index < -0.39 is 0 Å². The fourth-order valence-electron chi connectivity index (χ4n) is 4.09. The Morgan fingerprint density at radius 1 is 1.00 bits per heavy atom. The zero-order valence-electron chi connectivity index (χ0n) is 15.5. The molecule has 6 nitrogen and oxygen atoms in total. The minimum atomic E-state index is 0.401. The van der Waals surface area contributed by atoms with E-state index in [0.29, 0.717) is 5.69 Å². The summed E-state index contributed by atoms with van der Waals surface area (Å²) < 4.78 is 3.87. The van der Waals surface area contributed by atoms with Crippen LogP contribution < -0.4 is 0 Å². The van der Waals surface area contributed by atoms with E-state index in [1.54, 1.807) is 12.3 Å². The Kier molecular flexibility index (Phi) is 4.13. The van der Waals surface area contributed by atoms with Crippen molar-refractivity contribution in [3.05, 3.63) is 60.8 Å². The molecule has 1 saturated carbocycles. The van der Waals surface area contributed by atoms with E-state index in [9.17, 15) is 5.26 Å². The largest absolute Gasteiger partial charge is 0.272 e. The maximum Gasteiger partial charge on any atom is 0.141 e. The molecule has 0 radical (unpaired) electrons. The average Bonchev–Trinajstić information content (AvgIpc) is 3.49. The molecule has 0 amide bonds. The van der Waals surface area contributed by atoms with Crippen molar-refractivity contribution >= 4 is 5.52 Å². The van der Waals surface area contributed by atoms with E-state index in [2.05, 4.69) is 27.4 Å². The van der Waals surface area contributed by atoms with Gasteiger partial charge in [0.2, 0.25) is 0 Å². The highest BCUT2D eigenvalue weighted by Crippen LogP contribution is 2.32. The molecule has 28 heavy (non-hydrogen) atoms. The van der Waals surface area contributed by atoms with Gasteiger partial charge in [-0.05, 0) is 49.1 Å². The number of pyridine rings is 2. The molecule has 4 aromatic heterocycles. The second-order valence-corrected chi connectivity index (χ2v) is 7.42. The van der Waals surface area contributed by atoms with Crippen LogP contribution in [-0.4, -0.2) is 24.4 Å². The molecular weight excluding hydrogens is 348 g/mol. The third-order valence-corrected chi connectivity index (χ3v) is 5.54. The third kappa shape index (κ3) is 3.05. The van der Waals surface area contributed by atoms with Gasteiger partial charge in [0.15, 0.2) is 0 Å². The number of nitriles is 1. The van der Waals surface area contributed by atoms with Crippen molar-refractivity contribution < 1.29 is 0 Å². The second-order valence-electron chi connectivity index (χ2n) is 7.42. The molecule has 0 aliphatic heterocycles. The predicted molar refractivity (Wildman–Crippen MR) is 106 cm³/mol. The Morgan fingerprint density at radius 2 is 1.89 bits per heavy atom. The van der Waals surface area contributed by atoms with Gasteiger partial charge >= 0.3 is 0 Å². The van der Waals surface area contributed by atoms with Gasteiger partial charge < -0.3 is 0 Å². The Labute approximate surface area is 163 Å². The first-order valence-corrected chi connectivity index (χ1v) is 9.68. The third-order valence-electron chi connectivity index (χ3n) is 5.54. The zero-order chi connectivity index (χ0) is 18.9. The summed E-state index contributed by atoms with van der Waals surface area (Å²) in [4.78, 5) is 4.60. The lowest BCUT2D eigenvalue weighted by atomic mass is 10.0. The molecule has 0 unspecified atom stereocenters. The van der Waals surface area contributed by atoms with E-state index >= 15 is 0 Å². The van der Waals surface area contributed by atoms with Crippen LogP contribution in [0.15, 0.2) is 55.1 Å². The van der Waals surface area contributed by atoms with Gasteiger partial charge in [-0.15, -0.1) is 0 Å². The lowest BCUT2D eigenvalue weighted by molar-refractivity contribution is 0.429. The molecule has 4 heterocycles. The first-order chi connectivity index (χ1) is 13.8. The molecule has 5 rings (SSSR count). The van der Waals surface area contributed by atoms with Crippen LogP contribution in [0.25, 0.3) is 27.9 Å². The minimum absolute atomic E-state index is 0.401. The van der Waals surface area contributed by atoms with Gasteiger partial charge in [0, 0.05) is 41.8 Å². The summed E-state index contributed by atoms with van der Waals surface area (Å²) >= 11 is 0. The highest BCUT2D eigenvalue weighted by Gasteiger charge is 2.17. The quantitative estimate of drug-likeness (QED) is 0.538. The van der Waals surface area contributed by atoms with Crippen LogP contribution in [0, 0.1) is 17.2 Å². The summed E-state index contributed by atoms with van der Waals surface area (Å²) in [7, 11) is 0. The summed E-state index contributed by atoms with van der Waals surface area (Å²) in [5, 5.41) is 18.2. The molecule has 6 heteroatoms. The maximum absolute atomic E-state index is 9.33. The number of hydrogen-bond donors (Lipinski definition) is 0. The summed E-state index contributed by atoms with van der Waals surface area (Å²) in [6.45, 7) is 0.971. The summed E-state index contributed by atoms with van der Waals surface area (Å²) in [5.74, 6) is 0.730. The maximum atomic E-state index is 9.33. The van der Waals surface area contributed by atoms with Crippen molar-refractivity contribution in [2.45, 2.75) is 32.2 Å². The first-order valence-electron chi connectivity index (χ1n) is 9.68. The number of nitrogens with zero attached hydrogens (tertiary/aromatic N) is 6. The predicted octanol–water partition coefficient (Wildman–Crippen LogP) is 4.32. The lowest BCUT2D eigenvalue weighted by Gasteiger charge is -2.09. The average molecular weight is 368 g/mol. The van der Waals surface area contributed by atoms with Crippen molar-refractivity contribution in [3.63, 3.8) is 0 Å². The van der Waals surface area contributed by atoms with Crippen molar-refractivity contribution in [1.29, 1.82) is 5.26 Å². The van der Waals surface area contributed by atoms with Crippen LogP contribution in [0.4, 0.5) is 0 Å². The van der Waals surface area contributed by atoms with Crippen LogP contribution in [0.5, 0.6) is 0 Å². The monoisotopic (exact) mass is 368 g/mol. The topological polar surface area (TPSA) is 71.8 Å². The fraction of sp³-hybridized carbons (Fsp3) is 0.273. The number of fused-ring (bicyclic) bond motifs is 1. The van der Waals surface area contributed by atoms with Crippen LogP contribution in [-0.2, 0) is 6.54 Å². The van der Waals surface area contributed by atoms with E-state index in [1.165, 1.54) is 25.7 Å². The van der Waals surface area contributed by atoms with Crippen molar-refractivity contribution in [2.75, 3.05) is 0 Å². The number of hydrogen-bond acceptors (Lipinski definition) is 4. The molecule has 0 spiro atoms. The summed E-state index contributed by atoms with van der Waals surface area (Å²) in [6.07, 6.45) is 13.0. The molecule has 4 aromatic rings. The number of rotatable bonds is 4. The minimum Gasteiger partial charge on any atom is -0.272 e. The number of aromatic nitrogens is 5. The summed E-state index contributed by atoms with van der Waals surface area (Å²) in [6, 6.07) is 11.9.